The number of β-amino-alcohol motifs (C(OH)–C–C–N with tert-alkyl or cyclic N) is 1. The van der Waals surface area contributed by atoms with Gasteiger partial charge in [-0.15, -0.1) is 0 Å². The van der Waals surface area contributed by atoms with E-state index >= 15 is 0 Å². The maximum Gasteiger partial charge on any atom is 0.321 e. The molecule has 0 radical (unpaired) electrons. The molecule has 1 spiro atoms. The molecule has 2 saturated heterocycles. The van der Waals surface area contributed by atoms with Crippen LogP contribution < -0.4 is 0 Å². The number of nitrogens with zero attached hydrogens (tertiary/aromatic N) is 1. The molecule has 3 aliphatic rings. The number of likely N-dealkylation sites (tertiary alicyclic amines) is 1. The van der Waals surface area contributed by atoms with Crippen molar-refractivity contribution < 1.29 is 19.7 Å². The van der Waals surface area contributed by atoms with Gasteiger partial charge in [-0.25, -0.2) is 0 Å². The molecule has 0 aromatic heterocycles. The number of hydrogen-bond acceptors (Lipinski definition) is 4. The van der Waals surface area contributed by atoms with Crippen molar-refractivity contribution in [2.75, 3.05) is 13.2 Å². The molecule has 18 heavy (non-hydrogen) atoms. The number of carboxylic acid groups (broad SMARTS) is 1. The van der Waals surface area contributed by atoms with Gasteiger partial charge in [0.05, 0.1) is 11.7 Å². The molecule has 0 amide bonds. The third-order valence-electron chi connectivity index (χ3n) is 4.80. The first kappa shape index (κ1) is 12.4. The predicted molar refractivity (Wildman–Crippen MR) is 64.3 cm³/mol. The zero-order valence-electron chi connectivity index (χ0n) is 10.5. The van der Waals surface area contributed by atoms with Gasteiger partial charge in [0, 0.05) is 25.6 Å². The zero-order chi connectivity index (χ0) is 12.8. The second-order valence-corrected chi connectivity index (χ2v) is 5.97. The highest BCUT2D eigenvalue weighted by Crippen LogP contribution is 2.44. The molecule has 5 nitrogen and oxygen atoms in total. The molecule has 3 unspecified atom stereocenters. The largest absolute Gasteiger partial charge is 0.480 e. The van der Waals surface area contributed by atoms with E-state index in [4.69, 9.17) is 4.74 Å². The van der Waals surface area contributed by atoms with Crippen LogP contribution in [0, 0.1) is 0 Å². The van der Waals surface area contributed by atoms with E-state index < -0.39 is 18.1 Å². The lowest BCUT2D eigenvalue weighted by molar-refractivity contribution is -0.158. The SMILES string of the molecule is O=C(O)C1CC(O)CN1C1CCOC2(CCC2)C1. The summed E-state index contributed by atoms with van der Waals surface area (Å²) in [7, 11) is 0. The van der Waals surface area contributed by atoms with Gasteiger partial charge in [0.15, 0.2) is 0 Å². The topological polar surface area (TPSA) is 70.0 Å². The molecule has 3 fully saturated rings. The van der Waals surface area contributed by atoms with Crippen LogP contribution in [0.2, 0.25) is 0 Å². The molecule has 2 heterocycles. The van der Waals surface area contributed by atoms with Gasteiger partial charge in [0.2, 0.25) is 0 Å². The van der Waals surface area contributed by atoms with Gasteiger partial charge in [0.1, 0.15) is 6.04 Å². The molecule has 0 bridgehead atoms. The van der Waals surface area contributed by atoms with Crippen LogP contribution >= 0.6 is 0 Å². The molecule has 3 atom stereocenters. The van der Waals surface area contributed by atoms with Crippen LogP contribution in [0.15, 0.2) is 0 Å². The number of aliphatic carboxylic acids is 1. The summed E-state index contributed by atoms with van der Waals surface area (Å²) in [5, 5.41) is 19.0. The quantitative estimate of drug-likeness (QED) is 0.756. The van der Waals surface area contributed by atoms with Crippen LogP contribution in [0.25, 0.3) is 0 Å². The first-order chi connectivity index (χ1) is 8.60. The molecule has 2 aliphatic heterocycles. The van der Waals surface area contributed by atoms with Crippen molar-refractivity contribution in [2.45, 2.75) is 62.3 Å². The Hall–Kier alpha value is -0.650. The van der Waals surface area contributed by atoms with Crippen LogP contribution in [0.5, 0.6) is 0 Å². The molecule has 5 heteroatoms. The second-order valence-electron chi connectivity index (χ2n) is 5.97. The minimum atomic E-state index is -0.805. The van der Waals surface area contributed by atoms with Crippen molar-refractivity contribution in [3.8, 4) is 0 Å². The van der Waals surface area contributed by atoms with E-state index in [1.807, 2.05) is 4.90 Å². The number of carbonyl (C=O) groups is 1. The van der Waals surface area contributed by atoms with Gasteiger partial charge in [-0.05, 0) is 32.1 Å². The average molecular weight is 255 g/mol. The number of rotatable bonds is 2. The molecule has 102 valence electrons. The van der Waals surface area contributed by atoms with Crippen LogP contribution in [-0.2, 0) is 9.53 Å². The number of hydrogen-bond donors (Lipinski definition) is 2. The summed E-state index contributed by atoms with van der Waals surface area (Å²) in [6.07, 6.45) is 5.13. The number of aliphatic hydroxyl groups is 1. The Bertz CT molecular complexity index is 342. The van der Waals surface area contributed by atoms with Gasteiger partial charge in [-0.2, -0.15) is 0 Å². The smallest absolute Gasteiger partial charge is 0.321 e. The van der Waals surface area contributed by atoms with Crippen LogP contribution in [-0.4, -0.2) is 58.0 Å². The number of aliphatic hydroxyl groups excluding tert-OH is 1. The summed E-state index contributed by atoms with van der Waals surface area (Å²) < 4.78 is 5.88. The highest BCUT2D eigenvalue weighted by molar-refractivity contribution is 5.74. The number of ether oxygens (including phenoxy) is 1. The van der Waals surface area contributed by atoms with Crippen LogP contribution in [0.3, 0.4) is 0 Å². The normalized spacial score (nSPS) is 39.7. The van der Waals surface area contributed by atoms with E-state index in [1.54, 1.807) is 0 Å². The van der Waals surface area contributed by atoms with E-state index in [2.05, 4.69) is 0 Å². The minimum Gasteiger partial charge on any atom is -0.480 e. The Labute approximate surface area is 107 Å². The fourth-order valence-corrected chi connectivity index (χ4v) is 3.69. The Morgan fingerprint density at radius 2 is 2.17 bits per heavy atom. The lowest BCUT2D eigenvalue weighted by atomic mass is 9.73. The third kappa shape index (κ3) is 2.04. The lowest BCUT2D eigenvalue weighted by Crippen LogP contribution is -2.54. The van der Waals surface area contributed by atoms with E-state index in [9.17, 15) is 15.0 Å². The van der Waals surface area contributed by atoms with Crippen molar-refractivity contribution in [1.82, 2.24) is 4.90 Å². The monoisotopic (exact) mass is 255 g/mol. The maximum atomic E-state index is 11.3. The standard InChI is InChI=1S/C13H21NO4/c15-10-6-11(12(16)17)14(8-10)9-2-5-18-13(7-9)3-1-4-13/h9-11,15H,1-8H2,(H,16,17). The minimum absolute atomic E-state index is 0.0273. The molecule has 0 aromatic rings. The first-order valence-corrected chi connectivity index (χ1v) is 6.90. The Morgan fingerprint density at radius 3 is 2.78 bits per heavy atom. The van der Waals surface area contributed by atoms with Crippen LogP contribution in [0.4, 0.5) is 0 Å². The molecule has 0 aromatic carbocycles. The first-order valence-electron chi connectivity index (χ1n) is 6.90. The summed E-state index contributed by atoms with van der Waals surface area (Å²) >= 11 is 0. The summed E-state index contributed by atoms with van der Waals surface area (Å²) in [4.78, 5) is 13.3. The van der Waals surface area contributed by atoms with Crippen molar-refractivity contribution in [1.29, 1.82) is 0 Å². The highest BCUT2D eigenvalue weighted by atomic mass is 16.5. The van der Waals surface area contributed by atoms with Crippen molar-refractivity contribution in [2.24, 2.45) is 0 Å². The average Bonchev–Trinajstić information content (AvgIpc) is 2.70. The Morgan fingerprint density at radius 1 is 1.39 bits per heavy atom. The summed E-state index contributed by atoms with van der Waals surface area (Å²) in [5.41, 5.74) is 0.0273. The molecular formula is C13H21NO4. The van der Waals surface area contributed by atoms with Gasteiger partial charge in [-0.3, -0.25) is 9.69 Å². The number of carboxylic acids is 1. The summed E-state index contributed by atoms with van der Waals surface area (Å²) in [6.45, 7) is 1.22. The summed E-state index contributed by atoms with van der Waals surface area (Å²) in [5.74, 6) is -0.805. The fraction of sp³-hybridized carbons (Fsp3) is 0.923. The molecule has 1 aliphatic carbocycles. The van der Waals surface area contributed by atoms with E-state index in [-0.39, 0.29) is 11.6 Å². The van der Waals surface area contributed by atoms with E-state index in [0.717, 1.165) is 32.3 Å². The second kappa shape index (κ2) is 4.47. The maximum absolute atomic E-state index is 11.3. The predicted octanol–water partition coefficient (Wildman–Crippen LogP) is 0.608. The third-order valence-corrected chi connectivity index (χ3v) is 4.80. The highest BCUT2D eigenvalue weighted by Gasteiger charge is 2.47. The van der Waals surface area contributed by atoms with E-state index in [0.29, 0.717) is 13.0 Å². The van der Waals surface area contributed by atoms with Gasteiger partial charge >= 0.3 is 5.97 Å². The molecule has 2 N–H and O–H groups in total. The summed E-state index contributed by atoms with van der Waals surface area (Å²) in [6, 6.07) is -0.252. The molecule has 1 saturated carbocycles. The Kier molecular flexibility index (Phi) is 3.08. The molecule has 3 rings (SSSR count). The zero-order valence-corrected chi connectivity index (χ0v) is 10.5. The lowest BCUT2D eigenvalue weighted by Gasteiger charge is -2.49. The van der Waals surface area contributed by atoms with Crippen LogP contribution in [0.1, 0.15) is 38.5 Å². The fourth-order valence-electron chi connectivity index (χ4n) is 3.69. The molecular weight excluding hydrogens is 234 g/mol. The van der Waals surface area contributed by atoms with Crippen molar-refractivity contribution >= 4 is 5.97 Å². The van der Waals surface area contributed by atoms with Gasteiger partial charge in [0.25, 0.3) is 0 Å². The van der Waals surface area contributed by atoms with Crippen molar-refractivity contribution in [3.63, 3.8) is 0 Å². The van der Waals surface area contributed by atoms with Crippen molar-refractivity contribution in [3.05, 3.63) is 0 Å². The van der Waals surface area contributed by atoms with Gasteiger partial charge < -0.3 is 14.9 Å². The van der Waals surface area contributed by atoms with Gasteiger partial charge in [-0.1, -0.05) is 0 Å². The Balaban J connectivity index is 1.71. The van der Waals surface area contributed by atoms with E-state index in [1.165, 1.54) is 6.42 Å².